The molecule has 0 spiro atoms. The third-order valence-electron chi connectivity index (χ3n) is 9.86. The number of carbonyl (C=O) groups excluding carboxylic acids is 4. The molecule has 4 aliphatic rings. The molecule has 0 radical (unpaired) electrons. The Morgan fingerprint density at radius 2 is 1.52 bits per heavy atom. The second-order valence-corrected chi connectivity index (χ2v) is 11.9. The molecule has 1 saturated carbocycles. The topological polar surface area (TPSA) is 107 Å². The van der Waals surface area contributed by atoms with Crippen LogP contribution >= 0.6 is 0 Å². The Hall–Kier alpha value is -4.72. The second-order valence-electron chi connectivity index (χ2n) is 11.9. The van der Waals surface area contributed by atoms with E-state index in [4.69, 9.17) is 0 Å². The Labute approximate surface area is 243 Å². The van der Waals surface area contributed by atoms with Crippen LogP contribution in [0.1, 0.15) is 35.4 Å². The van der Waals surface area contributed by atoms with Crippen molar-refractivity contribution in [3.63, 3.8) is 0 Å². The third kappa shape index (κ3) is 3.47. The van der Waals surface area contributed by atoms with E-state index in [2.05, 4.69) is 5.43 Å². The highest BCUT2D eigenvalue weighted by atomic mass is 16.3. The van der Waals surface area contributed by atoms with Crippen molar-refractivity contribution < 1.29 is 24.3 Å². The molecule has 3 aromatic carbocycles. The molecule has 2 saturated heterocycles. The lowest BCUT2D eigenvalue weighted by Gasteiger charge is -2.50. The monoisotopic (exact) mass is 561 g/mol. The number of imide groups is 2. The van der Waals surface area contributed by atoms with Crippen LogP contribution in [0.4, 0.5) is 5.69 Å². The number of nitrogens with zero attached hydrogens (tertiary/aromatic N) is 2. The molecule has 6 atom stereocenters. The summed E-state index contributed by atoms with van der Waals surface area (Å²) in [6.07, 6.45) is 2.58. The number of carbonyl (C=O) groups is 4. The highest BCUT2D eigenvalue weighted by Gasteiger charge is 2.70. The predicted octanol–water partition coefficient (Wildman–Crippen LogP) is 4.32. The number of likely N-dealkylation sites (tertiary alicyclic amines) is 1. The van der Waals surface area contributed by atoms with Gasteiger partial charge >= 0.3 is 0 Å². The van der Waals surface area contributed by atoms with Crippen molar-refractivity contribution in [2.45, 2.75) is 31.1 Å². The van der Waals surface area contributed by atoms with Crippen LogP contribution in [0.15, 0.2) is 90.5 Å². The van der Waals surface area contributed by atoms with E-state index in [0.717, 1.165) is 16.1 Å². The second kappa shape index (κ2) is 9.41. The van der Waals surface area contributed by atoms with E-state index in [1.165, 1.54) is 11.9 Å². The summed E-state index contributed by atoms with van der Waals surface area (Å²) in [5, 5.41) is 12.4. The van der Waals surface area contributed by atoms with Crippen molar-refractivity contribution in [2.75, 3.05) is 12.5 Å². The van der Waals surface area contributed by atoms with Gasteiger partial charge in [0.1, 0.15) is 5.75 Å². The molecule has 3 aromatic rings. The van der Waals surface area contributed by atoms with E-state index in [0.29, 0.717) is 23.2 Å². The van der Waals surface area contributed by atoms with Crippen LogP contribution in [-0.2, 0) is 24.6 Å². The Kier molecular flexibility index (Phi) is 5.87. The van der Waals surface area contributed by atoms with Gasteiger partial charge in [-0.05, 0) is 49.4 Å². The molecule has 6 unspecified atom stereocenters. The number of aromatic hydroxyl groups is 1. The van der Waals surface area contributed by atoms with Crippen LogP contribution in [0.2, 0.25) is 0 Å². The summed E-state index contributed by atoms with van der Waals surface area (Å²) in [5.74, 6) is -4.40. The highest BCUT2D eigenvalue weighted by molar-refractivity contribution is 6.13. The summed E-state index contributed by atoms with van der Waals surface area (Å²) in [7, 11) is 1.51. The molecule has 2 N–H and O–H groups in total. The van der Waals surface area contributed by atoms with Crippen LogP contribution in [0.5, 0.6) is 5.75 Å². The number of anilines is 1. The average Bonchev–Trinajstić information content (AvgIpc) is 3.35. The van der Waals surface area contributed by atoms with Gasteiger partial charge in [-0.25, -0.2) is 0 Å². The molecule has 42 heavy (non-hydrogen) atoms. The Morgan fingerprint density at radius 3 is 2.24 bits per heavy atom. The molecule has 0 bridgehead atoms. The van der Waals surface area contributed by atoms with Crippen molar-refractivity contribution >= 4 is 29.3 Å². The number of phenolic OH excluding ortho intramolecular Hbond substituents is 1. The molecule has 7 rings (SSSR count). The van der Waals surface area contributed by atoms with Crippen molar-refractivity contribution in [3.8, 4) is 5.75 Å². The number of phenols is 1. The fourth-order valence-corrected chi connectivity index (χ4v) is 7.98. The minimum atomic E-state index is -1.39. The lowest BCUT2D eigenvalue weighted by atomic mass is 9.49. The first-order chi connectivity index (χ1) is 20.2. The SMILES string of the molecule is Cc1ccc(NN2C(=O)C3CC4C(=CCC5C(=O)N(C)C(=O)C54)C(c4ccccc4O)C3(c3ccccc3)C2=O)cc1. The van der Waals surface area contributed by atoms with Crippen molar-refractivity contribution in [1.82, 2.24) is 9.91 Å². The zero-order valence-electron chi connectivity index (χ0n) is 23.4. The number of benzene rings is 3. The molecule has 8 heteroatoms. The van der Waals surface area contributed by atoms with Gasteiger partial charge < -0.3 is 5.11 Å². The van der Waals surface area contributed by atoms with Crippen molar-refractivity contribution in [1.29, 1.82) is 0 Å². The summed E-state index contributed by atoms with van der Waals surface area (Å²) in [6.45, 7) is 1.96. The van der Waals surface area contributed by atoms with E-state index in [9.17, 15) is 24.3 Å². The average molecular weight is 562 g/mol. The highest BCUT2D eigenvalue weighted by Crippen LogP contribution is 2.64. The number of rotatable bonds is 4. The summed E-state index contributed by atoms with van der Waals surface area (Å²) in [6, 6.07) is 23.6. The standard InChI is InChI=1S/C34H31N3O5/c1-19-12-14-21(15-13-19)35-37-31(40)26-18-25-22(16-17-24-28(25)32(41)36(2)30(24)39)29(23-10-6-7-11-27(23)38)34(26,33(37)42)20-8-4-3-5-9-20/h3-16,24-26,28-29,35,38H,17-18H2,1-2H3. The summed E-state index contributed by atoms with van der Waals surface area (Å²) < 4.78 is 0. The maximum atomic E-state index is 14.9. The van der Waals surface area contributed by atoms with Gasteiger partial charge in [0.25, 0.3) is 11.8 Å². The minimum Gasteiger partial charge on any atom is -0.508 e. The fraction of sp³-hybridized carbons (Fsp3) is 0.294. The molecule has 2 aliphatic carbocycles. The molecule has 0 aromatic heterocycles. The number of hydrazine groups is 1. The zero-order valence-corrected chi connectivity index (χ0v) is 23.4. The van der Waals surface area contributed by atoms with Gasteiger partial charge in [-0.15, -0.1) is 0 Å². The number of nitrogens with one attached hydrogen (secondary N) is 1. The largest absolute Gasteiger partial charge is 0.508 e. The van der Waals surface area contributed by atoms with Crippen LogP contribution in [0.25, 0.3) is 0 Å². The molecule has 2 heterocycles. The van der Waals surface area contributed by atoms with E-state index >= 15 is 0 Å². The lowest BCUT2D eigenvalue weighted by molar-refractivity contribution is -0.140. The number of fused-ring (bicyclic) bond motifs is 4. The molecule has 212 valence electrons. The normalized spacial score (nSPS) is 30.1. The van der Waals surface area contributed by atoms with Crippen LogP contribution in [0, 0.1) is 30.6 Å². The molecule has 4 amide bonds. The smallest absolute Gasteiger partial charge is 0.260 e. The quantitative estimate of drug-likeness (QED) is 0.363. The lowest BCUT2D eigenvalue weighted by Crippen LogP contribution is -2.53. The first kappa shape index (κ1) is 26.2. The Bertz CT molecular complexity index is 1670. The first-order valence-electron chi connectivity index (χ1n) is 14.3. The Morgan fingerprint density at radius 1 is 0.833 bits per heavy atom. The molecule has 3 fully saturated rings. The van der Waals surface area contributed by atoms with Crippen LogP contribution < -0.4 is 5.43 Å². The number of allylic oxidation sites excluding steroid dienone is 2. The molecular weight excluding hydrogens is 530 g/mol. The van der Waals surface area contributed by atoms with E-state index in [1.807, 2.05) is 67.6 Å². The van der Waals surface area contributed by atoms with Crippen molar-refractivity contribution in [2.24, 2.45) is 23.7 Å². The predicted molar refractivity (Wildman–Crippen MR) is 155 cm³/mol. The maximum Gasteiger partial charge on any atom is 0.260 e. The van der Waals surface area contributed by atoms with Gasteiger partial charge in [0.2, 0.25) is 11.8 Å². The van der Waals surface area contributed by atoms with Gasteiger partial charge in [-0.1, -0.05) is 77.9 Å². The van der Waals surface area contributed by atoms with E-state index in [1.54, 1.807) is 24.3 Å². The number of para-hydroxylation sites is 1. The maximum absolute atomic E-state index is 14.9. The Balaban J connectivity index is 1.47. The van der Waals surface area contributed by atoms with E-state index < -0.39 is 46.8 Å². The number of hydrogen-bond donors (Lipinski definition) is 2. The third-order valence-corrected chi connectivity index (χ3v) is 9.86. The fourth-order valence-electron chi connectivity index (χ4n) is 7.98. The summed E-state index contributed by atoms with van der Waals surface area (Å²) in [5.41, 5.74) is 5.34. The van der Waals surface area contributed by atoms with Crippen LogP contribution in [0.3, 0.4) is 0 Å². The molecule has 2 aliphatic heterocycles. The number of aryl methyl sites for hydroxylation is 1. The molecular formula is C34H31N3O5. The van der Waals surface area contributed by atoms with Gasteiger partial charge in [0.05, 0.1) is 28.9 Å². The summed E-state index contributed by atoms with van der Waals surface area (Å²) in [4.78, 5) is 57.1. The number of amides is 4. The zero-order chi connectivity index (χ0) is 29.3. The van der Waals surface area contributed by atoms with E-state index in [-0.39, 0.29) is 24.0 Å². The van der Waals surface area contributed by atoms with Gasteiger partial charge in [-0.2, -0.15) is 5.01 Å². The first-order valence-corrected chi connectivity index (χ1v) is 14.3. The number of hydrogen-bond acceptors (Lipinski definition) is 6. The van der Waals surface area contributed by atoms with Crippen molar-refractivity contribution in [3.05, 3.63) is 107 Å². The van der Waals surface area contributed by atoms with Gasteiger partial charge in [-0.3, -0.25) is 29.5 Å². The molecule has 8 nitrogen and oxygen atoms in total. The van der Waals surface area contributed by atoms with Gasteiger partial charge in [0, 0.05) is 18.5 Å². The van der Waals surface area contributed by atoms with Gasteiger partial charge in [0.15, 0.2) is 0 Å². The summed E-state index contributed by atoms with van der Waals surface area (Å²) >= 11 is 0. The minimum absolute atomic E-state index is 0.0105. The van der Waals surface area contributed by atoms with Crippen LogP contribution in [-0.4, -0.2) is 45.7 Å².